The predicted octanol–water partition coefficient (Wildman–Crippen LogP) is 1.37. The average Bonchev–Trinajstić information content (AvgIpc) is 2.41. The van der Waals surface area contributed by atoms with Crippen molar-refractivity contribution in [1.82, 2.24) is 9.80 Å². The molecule has 1 saturated heterocycles. The van der Waals surface area contributed by atoms with Crippen LogP contribution in [0.25, 0.3) is 0 Å². The zero-order valence-corrected chi connectivity index (χ0v) is 13.4. The van der Waals surface area contributed by atoms with E-state index in [9.17, 15) is 4.79 Å². The van der Waals surface area contributed by atoms with Crippen molar-refractivity contribution in [3.63, 3.8) is 0 Å². The Kier molecular flexibility index (Phi) is 8.11. The van der Waals surface area contributed by atoms with Crippen molar-refractivity contribution in [2.45, 2.75) is 45.2 Å². The third-order valence-electron chi connectivity index (χ3n) is 4.06. The van der Waals surface area contributed by atoms with Crippen molar-refractivity contribution in [2.24, 2.45) is 0 Å². The number of hydrogen-bond acceptors (Lipinski definition) is 4. The summed E-state index contributed by atoms with van der Waals surface area (Å²) in [7, 11) is 3.37. The summed E-state index contributed by atoms with van der Waals surface area (Å²) in [5, 5.41) is 0. The molecule has 1 heterocycles. The lowest BCUT2D eigenvalue weighted by Gasteiger charge is -2.40. The summed E-state index contributed by atoms with van der Waals surface area (Å²) in [6.45, 7) is 7.58. The number of carbonyl (C=O) groups excluding carboxylic acids is 1. The molecular formula is C15H30N2O3. The van der Waals surface area contributed by atoms with Gasteiger partial charge < -0.3 is 14.4 Å². The first-order valence-corrected chi connectivity index (χ1v) is 7.61. The molecule has 1 fully saturated rings. The molecule has 0 saturated carbocycles. The van der Waals surface area contributed by atoms with E-state index in [2.05, 4.69) is 23.6 Å². The van der Waals surface area contributed by atoms with E-state index in [1.54, 1.807) is 14.2 Å². The number of likely N-dealkylation sites (tertiary alicyclic amines) is 1. The van der Waals surface area contributed by atoms with E-state index >= 15 is 0 Å². The molecule has 20 heavy (non-hydrogen) atoms. The van der Waals surface area contributed by atoms with Gasteiger partial charge in [-0.1, -0.05) is 0 Å². The maximum atomic E-state index is 12.6. The largest absolute Gasteiger partial charge is 0.383 e. The Labute approximate surface area is 123 Å². The second-order valence-electron chi connectivity index (χ2n) is 5.69. The van der Waals surface area contributed by atoms with Crippen LogP contribution in [0.5, 0.6) is 0 Å². The van der Waals surface area contributed by atoms with Gasteiger partial charge in [-0.2, -0.15) is 0 Å². The van der Waals surface area contributed by atoms with E-state index in [1.165, 1.54) is 6.42 Å². The molecule has 0 spiro atoms. The second-order valence-corrected chi connectivity index (χ2v) is 5.69. The summed E-state index contributed by atoms with van der Waals surface area (Å²) in [6, 6.07) is 0.718. The molecule has 0 N–H and O–H groups in total. The summed E-state index contributed by atoms with van der Waals surface area (Å²) in [6.07, 6.45) is 3.46. The van der Waals surface area contributed by atoms with Crippen molar-refractivity contribution >= 4 is 5.91 Å². The maximum Gasteiger partial charge on any atom is 0.237 e. The Hall–Kier alpha value is -0.650. The number of rotatable bonds is 8. The van der Waals surface area contributed by atoms with Crippen LogP contribution in [0.3, 0.4) is 0 Å². The first-order chi connectivity index (χ1) is 9.60. The molecule has 0 aromatic heterocycles. The monoisotopic (exact) mass is 286 g/mol. The quantitative estimate of drug-likeness (QED) is 0.676. The van der Waals surface area contributed by atoms with E-state index in [-0.39, 0.29) is 5.91 Å². The number of ether oxygens (including phenoxy) is 2. The summed E-state index contributed by atoms with van der Waals surface area (Å²) in [5.41, 5.74) is 0. The third-order valence-corrected chi connectivity index (χ3v) is 4.06. The molecule has 5 nitrogen and oxygen atoms in total. The van der Waals surface area contributed by atoms with Crippen LogP contribution in [0.15, 0.2) is 0 Å². The molecule has 2 atom stereocenters. The molecule has 118 valence electrons. The topological polar surface area (TPSA) is 42.0 Å². The fourth-order valence-electron chi connectivity index (χ4n) is 2.90. The number of amides is 1. The van der Waals surface area contributed by atoms with Gasteiger partial charge in [0, 0.05) is 39.4 Å². The van der Waals surface area contributed by atoms with Gasteiger partial charge in [-0.3, -0.25) is 9.69 Å². The summed E-state index contributed by atoms with van der Waals surface area (Å²) < 4.78 is 10.2. The van der Waals surface area contributed by atoms with E-state index in [4.69, 9.17) is 9.47 Å². The fraction of sp³-hybridized carbons (Fsp3) is 0.933. The van der Waals surface area contributed by atoms with E-state index in [1.807, 2.05) is 0 Å². The van der Waals surface area contributed by atoms with Gasteiger partial charge >= 0.3 is 0 Å². The smallest absolute Gasteiger partial charge is 0.237 e. The molecule has 0 aromatic carbocycles. The Balaban J connectivity index is 2.53. The van der Waals surface area contributed by atoms with Gasteiger partial charge in [-0.15, -0.1) is 0 Å². The van der Waals surface area contributed by atoms with Gasteiger partial charge in [0.15, 0.2) is 0 Å². The van der Waals surface area contributed by atoms with Crippen molar-refractivity contribution < 1.29 is 14.3 Å². The molecule has 0 aliphatic carbocycles. The van der Waals surface area contributed by atoms with Crippen LogP contribution in [-0.2, 0) is 14.3 Å². The maximum absolute atomic E-state index is 12.6. The summed E-state index contributed by atoms with van der Waals surface area (Å²) in [4.78, 5) is 16.7. The van der Waals surface area contributed by atoms with Crippen molar-refractivity contribution in [3.05, 3.63) is 0 Å². The van der Waals surface area contributed by atoms with Gasteiger partial charge in [-0.25, -0.2) is 0 Å². The molecule has 0 bridgehead atoms. The van der Waals surface area contributed by atoms with Crippen LogP contribution in [0.2, 0.25) is 0 Å². The van der Waals surface area contributed by atoms with Gasteiger partial charge in [0.2, 0.25) is 5.91 Å². The minimum atomic E-state index is 0.233. The zero-order chi connectivity index (χ0) is 15.0. The highest BCUT2D eigenvalue weighted by Gasteiger charge is 2.29. The highest BCUT2D eigenvalue weighted by atomic mass is 16.5. The second kappa shape index (κ2) is 9.32. The van der Waals surface area contributed by atoms with E-state index in [0.717, 1.165) is 25.9 Å². The summed E-state index contributed by atoms with van der Waals surface area (Å²) in [5.74, 6) is 0.233. The minimum Gasteiger partial charge on any atom is -0.383 e. The molecule has 0 radical (unpaired) electrons. The molecule has 1 rings (SSSR count). The van der Waals surface area contributed by atoms with Crippen LogP contribution < -0.4 is 0 Å². The molecular weight excluding hydrogens is 256 g/mol. The van der Waals surface area contributed by atoms with E-state index < -0.39 is 0 Å². The first kappa shape index (κ1) is 17.4. The normalized spacial score (nSPS) is 23.4. The van der Waals surface area contributed by atoms with Crippen LogP contribution in [0.1, 0.15) is 33.1 Å². The van der Waals surface area contributed by atoms with Gasteiger partial charge in [-0.05, 0) is 33.1 Å². The number of hydrogen-bond donors (Lipinski definition) is 0. The highest BCUT2D eigenvalue weighted by Crippen LogP contribution is 2.22. The number of piperidine rings is 1. The van der Waals surface area contributed by atoms with Crippen LogP contribution in [0.4, 0.5) is 0 Å². The number of carbonyl (C=O) groups is 1. The highest BCUT2D eigenvalue weighted by molar-refractivity contribution is 5.79. The Morgan fingerprint density at radius 3 is 2.05 bits per heavy atom. The molecule has 0 unspecified atom stereocenters. The van der Waals surface area contributed by atoms with E-state index in [0.29, 0.717) is 31.8 Å². The lowest BCUT2D eigenvalue weighted by Crippen LogP contribution is -2.51. The molecule has 1 aliphatic rings. The lowest BCUT2D eigenvalue weighted by molar-refractivity contribution is -0.138. The molecule has 1 amide bonds. The average molecular weight is 286 g/mol. The van der Waals surface area contributed by atoms with Gasteiger partial charge in [0.1, 0.15) is 0 Å². The van der Waals surface area contributed by atoms with Crippen LogP contribution in [-0.4, -0.2) is 74.9 Å². The zero-order valence-electron chi connectivity index (χ0n) is 13.4. The SMILES string of the molecule is COCCN(CCOC)CC(=O)N1[C@@H](C)CCC[C@@H]1C. The molecule has 1 aliphatic heterocycles. The third kappa shape index (κ3) is 5.38. The van der Waals surface area contributed by atoms with Crippen molar-refractivity contribution in [1.29, 1.82) is 0 Å². The fourth-order valence-corrected chi connectivity index (χ4v) is 2.90. The summed E-state index contributed by atoms with van der Waals surface area (Å²) >= 11 is 0. The molecule has 5 heteroatoms. The lowest BCUT2D eigenvalue weighted by atomic mass is 9.97. The van der Waals surface area contributed by atoms with Gasteiger partial charge in [0.25, 0.3) is 0 Å². The Morgan fingerprint density at radius 2 is 1.60 bits per heavy atom. The number of nitrogens with zero attached hydrogens (tertiary/aromatic N) is 2. The Bertz CT molecular complexity index is 268. The van der Waals surface area contributed by atoms with Gasteiger partial charge in [0.05, 0.1) is 19.8 Å². The predicted molar refractivity (Wildman–Crippen MR) is 79.8 cm³/mol. The number of methoxy groups -OCH3 is 2. The van der Waals surface area contributed by atoms with Crippen molar-refractivity contribution in [2.75, 3.05) is 47.1 Å². The standard InChI is InChI=1S/C15H30N2O3/c1-13-6-5-7-14(2)17(13)15(18)12-16(8-10-19-3)9-11-20-4/h13-14H,5-12H2,1-4H3/t13-,14-/m0/s1. The minimum absolute atomic E-state index is 0.233. The van der Waals surface area contributed by atoms with Crippen LogP contribution >= 0.6 is 0 Å². The van der Waals surface area contributed by atoms with Crippen molar-refractivity contribution in [3.8, 4) is 0 Å². The van der Waals surface area contributed by atoms with Crippen LogP contribution in [0, 0.1) is 0 Å². The first-order valence-electron chi connectivity index (χ1n) is 7.61. The Morgan fingerprint density at radius 1 is 1.10 bits per heavy atom. The molecule has 0 aromatic rings.